The summed E-state index contributed by atoms with van der Waals surface area (Å²) in [6, 6.07) is 11.5. The fourth-order valence-corrected chi connectivity index (χ4v) is 3.50. The topological polar surface area (TPSA) is 56.8 Å². The summed E-state index contributed by atoms with van der Waals surface area (Å²) in [7, 11) is 1.48. The molecule has 4 rings (SSSR count). The fraction of sp³-hybridized carbons (Fsp3) is 0.250. The summed E-state index contributed by atoms with van der Waals surface area (Å²) in [5.41, 5.74) is 1.30. The average molecular weight is 366 g/mol. The lowest BCUT2D eigenvalue weighted by molar-refractivity contribution is -0.135. The second-order valence-corrected chi connectivity index (χ2v) is 6.56. The van der Waals surface area contributed by atoms with Gasteiger partial charge in [0.05, 0.1) is 5.57 Å². The van der Waals surface area contributed by atoms with Gasteiger partial charge in [-0.2, -0.15) is 0 Å². The van der Waals surface area contributed by atoms with Gasteiger partial charge in [-0.3, -0.25) is 14.5 Å². The number of likely N-dealkylation sites (N-methyl/N-ethyl adjacent to an activating group) is 1. The molecular weight excluding hydrogens is 347 g/mol. The summed E-state index contributed by atoms with van der Waals surface area (Å²) in [5.74, 6) is -0.148. The maximum atomic E-state index is 13.3. The molecule has 0 N–H and O–H groups in total. The van der Waals surface area contributed by atoms with Gasteiger partial charge in [0, 0.05) is 39.4 Å². The number of benzene rings is 1. The zero-order chi connectivity index (χ0) is 19.0. The fourth-order valence-electron chi connectivity index (χ4n) is 3.50. The molecule has 138 valence electrons. The summed E-state index contributed by atoms with van der Waals surface area (Å²) in [6.07, 6.45) is 1.75. The molecule has 2 aliphatic rings. The Bertz CT molecular complexity index is 903. The summed E-state index contributed by atoms with van der Waals surface area (Å²) < 4.78 is 13.3. The van der Waals surface area contributed by atoms with E-state index in [1.165, 1.54) is 19.2 Å². The second-order valence-electron chi connectivity index (χ2n) is 6.56. The molecule has 0 bridgehead atoms. The summed E-state index contributed by atoms with van der Waals surface area (Å²) in [5, 5.41) is 0. The number of rotatable bonds is 3. The predicted molar refractivity (Wildman–Crippen MR) is 99.1 cm³/mol. The van der Waals surface area contributed by atoms with Gasteiger partial charge in [-0.1, -0.05) is 18.2 Å². The molecule has 2 amide bonds. The van der Waals surface area contributed by atoms with Crippen LogP contribution in [0.3, 0.4) is 0 Å². The van der Waals surface area contributed by atoms with E-state index in [0.29, 0.717) is 43.0 Å². The van der Waals surface area contributed by atoms with Crippen LogP contribution in [0.4, 0.5) is 10.2 Å². The van der Waals surface area contributed by atoms with Crippen molar-refractivity contribution in [2.75, 3.05) is 38.1 Å². The van der Waals surface area contributed by atoms with E-state index >= 15 is 0 Å². The largest absolute Gasteiger partial charge is 0.363 e. The maximum absolute atomic E-state index is 13.3. The van der Waals surface area contributed by atoms with E-state index in [9.17, 15) is 14.0 Å². The van der Waals surface area contributed by atoms with Crippen molar-refractivity contribution in [3.05, 3.63) is 65.7 Å². The van der Waals surface area contributed by atoms with Gasteiger partial charge in [0.15, 0.2) is 0 Å². The Hall–Kier alpha value is -3.22. The molecule has 7 heteroatoms. The van der Waals surface area contributed by atoms with E-state index in [-0.39, 0.29) is 17.6 Å². The molecule has 6 nitrogen and oxygen atoms in total. The average Bonchev–Trinajstić information content (AvgIpc) is 2.93. The highest BCUT2D eigenvalue weighted by Gasteiger charge is 2.40. The summed E-state index contributed by atoms with van der Waals surface area (Å²) in [4.78, 5) is 35.0. The van der Waals surface area contributed by atoms with Crippen LogP contribution in [0, 0.1) is 5.82 Å². The lowest BCUT2D eigenvalue weighted by Crippen LogP contribution is -2.47. The molecule has 1 aromatic carbocycles. The molecule has 0 unspecified atom stereocenters. The first-order valence-corrected chi connectivity index (χ1v) is 8.80. The standard InChI is InChI=1S/C20H19FN4O2/c1-23-19(26)17(14-5-7-15(21)8-6-14)18(20(23)27)25-12-10-24(11-13-25)16-4-2-3-9-22-16/h2-9H,10-13H2,1H3. The van der Waals surface area contributed by atoms with Crippen LogP contribution in [-0.2, 0) is 9.59 Å². The van der Waals surface area contributed by atoms with Crippen LogP contribution >= 0.6 is 0 Å². The Morgan fingerprint density at radius 1 is 0.889 bits per heavy atom. The van der Waals surface area contributed by atoms with Gasteiger partial charge in [-0.05, 0) is 29.8 Å². The van der Waals surface area contributed by atoms with Crippen molar-refractivity contribution in [1.29, 1.82) is 0 Å². The number of hydrogen-bond acceptors (Lipinski definition) is 5. The predicted octanol–water partition coefficient (Wildman–Crippen LogP) is 1.75. The third-order valence-corrected chi connectivity index (χ3v) is 4.96. The van der Waals surface area contributed by atoms with Crippen molar-refractivity contribution in [3.8, 4) is 0 Å². The van der Waals surface area contributed by atoms with Crippen LogP contribution in [0.5, 0.6) is 0 Å². The van der Waals surface area contributed by atoms with Crippen LogP contribution in [0.25, 0.3) is 5.57 Å². The Kier molecular flexibility index (Phi) is 4.35. The van der Waals surface area contributed by atoms with E-state index in [1.54, 1.807) is 18.3 Å². The van der Waals surface area contributed by atoms with E-state index in [0.717, 1.165) is 10.7 Å². The second kappa shape index (κ2) is 6.83. The van der Waals surface area contributed by atoms with Gasteiger partial charge in [-0.25, -0.2) is 9.37 Å². The first-order valence-electron chi connectivity index (χ1n) is 8.80. The Labute approximate surface area is 156 Å². The third kappa shape index (κ3) is 3.05. The number of aromatic nitrogens is 1. The molecule has 1 fully saturated rings. The van der Waals surface area contributed by atoms with Crippen molar-refractivity contribution in [2.24, 2.45) is 0 Å². The molecule has 0 atom stereocenters. The first-order chi connectivity index (χ1) is 13.1. The van der Waals surface area contributed by atoms with Gasteiger partial charge < -0.3 is 9.80 Å². The number of piperazine rings is 1. The normalized spacial score (nSPS) is 17.9. The number of nitrogens with zero attached hydrogens (tertiary/aromatic N) is 4. The SMILES string of the molecule is CN1C(=O)C(c2ccc(F)cc2)=C(N2CCN(c3ccccn3)CC2)C1=O. The minimum Gasteiger partial charge on any atom is -0.363 e. The van der Waals surface area contributed by atoms with Gasteiger partial charge >= 0.3 is 0 Å². The number of halogens is 1. The highest BCUT2D eigenvalue weighted by Crippen LogP contribution is 2.31. The van der Waals surface area contributed by atoms with Crippen LogP contribution in [-0.4, -0.2) is 59.8 Å². The highest BCUT2D eigenvalue weighted by molar-refractivity contribution is 6.35. The number of amides is 2. The minimum atomic E-state index is -0.380. The van der Waals surface area contributed by atoms with Gasteiger partial charge in [0.25, 0.3) is 11.8 Å². The summed E-state index contributed by atoms with van der Waals surface area (Å²) >= 11 is 0. The van der Waals surface area contributed by atoms with E-state index in [4.69, 9.17) is 0 Å². The molecule has 0 spiro atoms. The molecule has 0 saturated carbocycles. The van der Waals surface area contributed by atoms with Gasteiger partial charge in [-0.15, -0.1) is 0 Å². The Balaban J connectivity index is 1.63. The Morgan fingerprint density at radius 3 is 2.19 bits per heavy atom. The zero-order valence-electron chi connectivity index (χ0n) is 14.9. The molecular formula is C20H19FN4O2. The van der Waals surface area contributed by atoms with Crippen LogP contribution in [0.1, 0.15) is 5.56 Å². The van der Waals surface area contributed by atoms with Crippen molar-refractivity contribution in [3.63, 3.8) is 0 Å². The zero-order valence-corrected chi connectivity index (χ0v) is 14.9. The lowest BCUT2D eigenvalue weighted by atomic mass is 10.0. The molecule has 0 radical (unpaired) electrons. The third-order valence-electron chi connectivity index (χ3n) is 4.96. The molecule has 0 aliphatic carbocycles. The number of anilines is 1. The van der Waals surface area contributed by atoms with Gasteiger partial charge in [0.1, 0.15) is 17.3 Å². The van der Waals surface area contributed by atoms with Crippen molar-refractivity contribution >= 4 is 23.2 Å². The van der Waals surface area contributed by atoms with Crippen LogP contribution < -0.4 is 4.90 Å². The Morgan fingerprint density at radius 2 is 1.56 bits per heavy atom. The van der Waals surface area contributed by atoms with E-state index in [2.05, 4.69) is 9.88 Å². The molecule has 2 aromatic rings. The smallest absolute Gasteiger partial charge is 0.277 e. The van der Waals surface area contributed by atoms with Gasteiger partial charge in [0.2, 0.25) is 0 Å². The highest BCUT2D eigenvalue weighted by atomic mass is 19.1. The molecule has 2 aliphatic heterocycles. The molecule has 1 saturated heterocycles. The minimum absolute atomic E-state index is 0.314. The number of pyridine rings is 1. The number of carbonyl (C=O) groups excluding carboxylic acids is 2. The number of imide groups is 1. The number of hydrogen-bond donors (Lipinski definition) is 0. The van der Waals surface area contributed by atoms with Crippen LogP contribution in [0.2, 0.25) is 0 Å². The molecule has 1 aromatic heterocycles. The van der Waals surface area contributed by atoms with Crippen molar-refractivity contribution in [2.45, 2.75) is 0 Å². The summed E-state index contributed by atoms with van der Waals surface area (Å²) in [6.45, 7) is 2.59. The lowest BCUT2D eigenvalue weighted by Gasteiger charge is -2.37. The van der Waals surface area contributed by atoms with E-state index in [1.807, 2.05) is 23.1 Å². The first kappa shape index (κ1) is 17.2. The van der Waals surface area contributed by atoms with E-state index < -0.39 is 0 Å². The van der Waals surface area contributed by atoms with Crippen LogP contribution in [0.15, 0.2) is 54.4 Å². The van der Waals surface area contributed by atoms with Crippen molar-refractivity contribution in [1.82, 2.24) is 14.8 Å². The number of carbonyl (C=O) groups is 2. The molecule has 3 heterocycles. The maximum Gasteiger partial charge on any atom is 0.277 e. The van der Waals surface area contributed by atoms with Crippen molar-refractivity contribution < 1.29 is 14.0 Å². The molecule has 27 heavy (non-hydrogen) atoms. The quantitative estimate of drug-likeness (QED) is 0.775. The monoisotopic (exact) mass is 366 g/mol.